The second-order valence-electron chi connectivity index (χ2n) is 7.43. The predicted octanol–water partition coefficient (Wildman–Crippen LogP) is 3.92. The quantitative estimate of drug-likeness (QED) is 0.403. The van der Waals surface area contributed by atoms with E-state index in [0.717, 1.165) is 41.5 Å². The molecule has 1 fully saturated rings. The molecule has 3 heterocycles. The Balaban J connectivity index is 1.66. The average molecular weight is 511 g/mol. The van der Waals surface area contributed by atoms with Gasteiger partial charge in [0.15, 0.2) is 0 Å². The highest BCUT2D eigenvalue weighted by Gasteiger charge is 2.25. The number of pyridine rings is 1. The lowest BCUT2D eigenvalue weighted by molar-refractivity contribution is 0.102. The van der Waals surface area contributed by atoms with Crippen molar-refractivity contribution in [3.05, 3.63) is 51.5 Å². The van der Waals surface area contributed by atoms with Crippen LogP contribution >= 0.6 is 27.5 Å². The number of fused-ring (bicyclic) bond motifs is 1. The number of aromatic amines is 1. The first kappa shape index (κ1) is 22.0. The van der Waals surface area contributed by atoms with Crippen LogP contribution in [0.15, 0.2) is 35.1 Å². The maximum Gasteiger partial charge on any atom is 0.255 e. The lowest BCUT2D eigenvalue weighted by Crippen LogP contribution is -2.46. The van der Waals surface area contributed by atoms with Gasteiger partial charge in [-0.05, 0) is 47.0 Å². The van der Waals surface area contributed by atoms with E-state index >= 15 is 0 Å². The molecule has 1 aromatic carbocycles. The first-order valence-corrected chi connectivity index (χ1v) is 11.2. The number of aliphatic hydroxyl groups is 1. The Labute approximate surface area is 192 Å². The molecular formula is C21H22BrClFN5O2. The van der Waals surface area contributed by atoms with Crippen LogP contribution < -0.4 is 15.5 Å². The number of piperidine rings is 1. The highest BCUT2D eigenvalue weighted by atomic mass is 79.9. The van der Waals surface area contributed by atoms with Crippen LogP contribution in [-0.4, -0.2) is 53.3 Å². The maximum atomic E-state index is 13.5. The molecule has 1 saturated heterocycles. The molecule has 0 spiro atoms. The molecule has 4 rings (SSSR count). The highest BCUT2D eigenvalue weighted by molar-refractivity contribution is 9.10. The summed E-state index contributed by atoms with van der Waals surface area (Å²) in [6, 6.07) is 4.12. The number of hydrogen-bond acceptors (Lipinski definition) is 5. The van der Waals surface area contributed by atoms with Crippen molar-refractivity contribution >= 4 is 55.8 Å². The predicted molar refractivity (Wildman–Crippen MR) is 123 cm³/mol. The summed E-state index contributed by atoms with van der Waals surface area (Å²) in [5, 5.41) is 16.1. The smallest absolute Gasteiger partial charge is 0.255 e. The topological polar surface area (TPSA) is 93.3 Å². The van der Waals surface area contributed by atoms with Crippen molar-refractivity contribution in [1.29, 1.82) is 0 Å². The van der Waals surface area contributed by atoms with Crippen molar-refractivity contribution in [2.75, 3.05) is 36.5 Å². The number of aliphatic hydroxyl groups excluding tert-OH is 1. The highest BCUT2D eigenvalue weighted by Crippen LogP contribution is 2.39. The van der Waals surface area contributed by atoms with E-state index in [9.17, 15) is 9.18 Å². The van der Waals surface area contributed by atoms with Crippen LogP contribution in [0.25, 0.3) is 11.0 Å². The molecule has 10 heteroatoms. The second-order valence-corrected chi connectivity index (χ2v) is 8.69. The van der Waals surface area contributed by atoms with Gasteiger partial charge in [0.25, 0.3) is 5.91 Å². The van der Waals surface area contributed by atoms with Crippen molar-refractivity contribution in [3.63, 3.8) is 0 Å². The third kappa shape index (κ3) is 4.69. The summed E-state index contributed by atoms with van der Waals surface area (Å²) in [6.07, 6.45) is 5.47. The number of amides is 1. The van der Waals surface area contributed by atoms with Crippen molar-refractivity contribution in [2.24, 2.45) is 0 Å². The van der Waals surface area contributed by atoms with Crippen molar-refractivity contribution in [1.82, 2.24) is 15.3 Å². The molecule has 2 aromatic heterocycles. The number of benzene rings is 1. The summed E-state index contributed by atoms with van der Waals surface area (Å²) < 4.78 is 14.3. The lowest BCUT2D eigenvalue weighted by atomic mass is 10.0. The monoisotopic (exact) mass is 509 g/mol. The number of nitrogens with one attached hydrogen (secondary N) is 3. The SMILES string of the molecule is O=C(Nc1c[nH]c2ncc(Br)c(N3CCC[C@@H](NCCO)C3)c12)c1ccc(F)c(Cl)c1. The van der Waals surface area contributed by atoms with Gasteiger partial charge in [-0.15, -0.1) is 0 Å². The first-order chi connectivity index (χ1) is 15.0. The number of H-pyrrole nitrogens is 1. The van der Waals surface area contributed by atoms with Crippen LogP contribution in [0.5, 0.6) is 0 Å². The summed E-state index contributed by atoms with van der Waals surface area (Å²) in [5.41, 5.74) is 2.43. The fourth-order valence-electron chi connectivity index (χ4n) is 3.91. The number of anilines is 2. The third-order valence-electron chi connectivity index (χ3n) is 5.34. The van der Waals surface area contributed by atoms with Gasteiger partial charge < -0.3 is 25.6 Å². The van der Waals surface area contributed by atoms with Gasteiger partial charge in [-0.2, -0.15) is 0 Å². The largest absolute Gasteiger partial charge is 0.395 e. The summed E-state index contributed by atoms with van der Waals surface area (Å²) in [6.45, 7) is 2.28. The molecule has 164 valence electrons. The van der Waals surface area contributed by atoms with Gasteiger partial charge in [-0.1, -0.05) is 11.6 Å². The van der Waals surface area contributed by atoms with E-state index in [1.165, 1.54) is 18.2 Å². The number of aromatic nitrogens is 2. The van der Waals surface area contributed by atoms with Gasteiger partial charge in [0.05, 0.1) is 32.9 Å². The number of carbonyl (C=O) groups excluding carboxylic acids is 1. The molecule has 0 saturated carbocycles. The third-order valence-corrected chi connectivity index (χ3v) is 6.21. The number of hydrogen-bond donors (Lipinski definition) is 4. The molecule has 1 aliphatic heterocycles. The van der Waals surface area contributed by atoms with E-state index in [1.807, 2.05) is 0 Å². The van der Waals surface area contributed by atoms with Crippen molar-refractivity contribution in [2.45, 2.75) is 18.9 Å². The zero-order chi connectivity index (χ0) is 22.0. The van der Waals surface area contributed by atoms with Crippen molar-refractivity contribution in [3.8, 4) is 0 Å². The summed E-state index contributed by atoms with van der Waals surface area (Å²) in [4.78, 5) is 22.6. The Morgan fingerprint density at radius 2 is 2.29 bits per heavy atom. The molecule has 1 amide bonds. The van der Waals surface area contributed by atoms with E-state index in [-0.39, 0.29) is 23.2 Å². The van der Waals surface area contributed by atoms with E-state index in [0.29, 0.717) is 17.9 Å². The number of nitrogens with zero attached hydrogens (tertiary/aromatic N) is 2. The van der Waals surface area contributed by atoms with E-state index in [4.69, 9.17) is 16.7 Å². The van der Waals surface area contributed by atoms with Gasteiger partial charge in [0.1, 0.15) is 11.5 Å². The van der Waals surface area contributed by atoms with Crippen LogP contribution in [0.1, 0.15) is 23.2 Å². The van der Waals surface area contributed by atoms with Crippen LogP contribution in [-0.2, 0) is 0 Å². The van der Waals surface area contributed by atoms with Gasteiger partial charge in [-0.3, -0.25) is 4.79 Å². The fourth-order valence-corrected chi connectivity index (χ4v) is 4.64. The lowest BCUT2D eigenvalue weighted by Gasteiger charge is -2.35. The van der Waals surface area contributed by atoms with Crippen molar-refractivity contribution < 1.29 is 14.3 Å². The first-order valence-electron chi connectivity index (χ1n) is 9.99. The molecule has 0 radical (unpaired) electrons. The minimum Gasteiger partial charge on any atom is -0.395 e. The number of carbonyl (C=O) groups is 1. The molecule has 3 aromatic rings. The Morgan fingerprint density at radius 1 is 1.45 bits per heavy atom. The van der Waals surface area contributed by atoms with Gasteiger partial charge >= 0.3 is 0 Å². The number of rotatable bonds is 6. The van der Waals surface area contributed by atoms with Crippen LogP contribution in [0.3, 0.4) is 0 Å². The Kier molecular flexibility index (Phi) is 6.76. The zero-order valence-corrected chi connectivity index (χ0v) is 18.9. The Bertz CT molecular complexity index is 1110. The minimum atomic E-state index is -0.574. The Hall–Kier alpha value is -2.20. The molecule has 4 N–H and O–H groups in total. The molecular weight excluding hydrogens is 489 g/mol. The molecule has 0 aliphatic carbocycles. The standard InChI is InChI=1S/C21H22BrClFN5O2/c22-14-9-26-20-18(19(14)29-6-1-2-13(11-29)25-5-7-30)17(10-27-20)28-21(31)12-3-4-16(24)15(23)8-12/h3-4,8-10,13,25,30H,1-2,5-7,11H2,(H,26,27)(H,28,31)/t13-/m1/s1. The number of halogens is 3. The summed E-state index contributed by atoms with van der Waals surface area (Å²) in [7, 11) is 0. The van der Waals surface area contributed by atoms with Gasteiger partial charge in [-0.25, -0.2) is 9.37 Å². The van der Waals surface area contributed by atoms with Crippen LogP contribution in [0, 0.1) is 5.82 Å². The molecule has 31 heavy (non-hydrogen) atoms. The normalized spacial score (nSPS) is 16.6. The summed E-state index contributed by atoms with van der Waals surface area (Å²) >= 11 is 9.45. The van der Waals surface area contributed by atoms with E-state index in [2.05, 4.69) is 41.4 Å². The Morgan fingerprint density at radius 3 is 3.06 bits per heavy atom. The average Bonchev–Trinajstić information content (AvgIpc) is 3.17. The molecule has 1 aliphatic rings. The summed E-state index contributed by atoms with van der Waals surface area (Å²) in [5.74, 6) is -0.968. The molecule has 7 nitrogen and oxygen atoms in total. The van der Waals surface area contributed by atoms with Crippen LogP contribution in [0.4, 0.5) is 15.8 Å². The molecule has 0 unspecified atom stereocenters. The van der Waals surface area contributed by atoms with E-state index < -0.39 is 11.7 Å². The zero-order valence-electron chi connectivity index (χ0n) is 16.6. The van der Waals surface area contributed by atoms with Gasteiger partial charge in [0, 0.05) is 43.6 Å². The second kappa shape index (κ2) is 9.52. The van der Waals surface area contributed by atoms with E-state index in [1.54, 1.807) is 12.4 Å². The minimum absolute atomic E-state index is 0.0983. The molecule has 0 bridgehead atoms. The maximum absolute atomic E-state index is 13.5. The molecule has 1 atom stereocenters. The van der Waals surface area contributed by atoms with Gasteiger partial charge in [0.2, 0.25) is 0 Å². The van der Waals surface area contributed by atoms with Crippen LogP contribution in [0.2, 0.25) is 5.02 Å². The fraction of sp³-hybridized carbons (Fsp3) is 0.333.